The summed E-state index contributed by atoms with van der Waals surface area (Å²) in [5.41, 5.74) is 15.9. The summed E-state index contributed by atoms with van der Waals surface area (Å²) in [5, 5.41) is 9.70. The van der Waals surface area contributed by atoms with Gasteiger partial charge in [0.05, 0.1) is 10.6 Å². The minimum atomic E-state index is -0.0602. The molecule has 0 saturated carbocycles. The number of thioether (sulfide) groups is 1. The lowest BCUT2D eigenvalue weighted by Gasteiger charge is -2.11. The van der Waals surface area contributed by atoms with E-state index in [1.54, 1.807) is 25.4 Å². The highest BCUT2D eigenvalue weighted by molar-refractivity contribution is 8.14. The van der Waals surface area contributed by atoms with Crippen molar-refractivity contribution in [3.63, 3.8) is 0 Å². The first-order valence-corrected chi connectivity index (χ1v) is 11.5. The van der Waals surface area contributed by atoms with Gasteiger partial charge in [-0.25, -0.2) is 19.9 Å². The van der Waals surface area contributed by atoms with Crippen LogP contribution in [0.25, 0.3) is 0 Å². The smallest absolute Gasteiger partial charge is 0.236 e. The summed E-state index contributed by atoms with van der Waals surface area (Å²) >= 11 is 10.8. The van der Waals surface area contributed by atoms with Gasteiger partial charge in [-0.3, -0.25) is 10.2 Å². The van der Waals surface area contributed by atoms with E-state index in [0.29, 0.717) is 33.4 Å². The third-order valence-corrected chi connectivity index (χ3v) is 5.45. The summed E-state index contributed by atoms with van der Waals surface area (Å²) in [4.78, 5) is 28.0. The van der Waals surface area contributed by atoms with Crippen molar-refractivity contribution in [1.29, 1.82) is 5.41 Å². The number of likely N-dealkylation sites (tertiary alicyclic amines) is 1. The summed E-state index contributed by atoms with van der Waals surface area (Å²) in [6, 6.07) is 1.72. The molecule has 2 aliphatic heterocycles. The van der Waals surface area contributed by atoms with Gasteiger partial charge in [0, 0.05) is 25.5 Å². The molecule has 4 rings (SSSR count). The van der Waals surface area contributed by atoms with Crippen LogP contribution in [0.15, 0.2) is 23.4 Å². The van der Waals surface area contributed by atoms with Gasteiger partial charge in [-0.2, -0.15) is 0 Å². The standard InChI is InChI=1S/C6H14N2.C5H6ClN3S.C4H5N3.C3H4N2OS/c7-3-6-8-4-1-2-5-8;1-2-8-4(6)3(10)5(7)9-2;5-4-6-2-1-3-7-4;4-3-5-2(6)1-7-3/h1-7H2;10H,1H3,(H2,7,8,9);1-3H,(H2,5,6,7);1H2,(H2,4,5,6). The van der Waals surface area contributed by atoms with E-state index in [1.807, 2.05) is 0 Å². The zero-order chi connectivity index (χ0) is 23.9. The number of nitrogen functional groups attached to an aromatic ring is 2. The highest BCUT2D eigenvalue weighted by atomic mass is 35.5. The van der Waals surface area contributed by atoms with Crippen molar-refractivity contribution >= 4 is 58.8 Å². The molecule has 2 aliphatic rings. The van der Waals surface area contributed by atoms with Crippen LogP contribution < -0.4 is 22.5 Å². The van der Waals surface area contributed by atoms with Crippen molar-refractivity contribution in [2.75, 3.05) is 43.4 Å². The predicted molar refractivity (Wildman–Crippen MR) is 133 cm³/mol. The van der Waals surface area contributed by atoms with Gasteiger partial charge in [0.25, 0.3) is 0 Å². The first kappa shape index (κ1) is 27.8. The van der Waals surface area contributed by atoms with Gasteiger partial charge >= 0.3 is 0 Å². The van der Waals surface area contributed by atoms with Crippen molar-refractivity contribution in [2.45, 2.75) is 24.7 Å². The normalized spacial score (nSPS) is 14.9. The molecule has 0 spiro atoms. The Morgan fingerprint density at radius 2 is 1.88 bits per heavy atom. The van der Waals surface area contributed by atoms with Crippen molar-refractivity contribution in [3.05, 3.63) is 29.4 Å². The minimum absolute atomic E-state index is 0.0602. The topological polar surface area (TPSA) is 186 Å². The van der Waals surface area contributed by atoms with Crippen LogP contribution in [-0.4, -0.2) is 67.8 Å². The molecule has 2 fully saturated rings. The number of nitrogens with zero attached hydrogens (tertiary/aromatic N) is 5. The Balaban J connectivity index is 0.000000216. The van der Waals surface area contributed by atoms with Crippen molar-refractivity contribution < 1.29 is 4.79 Å². The van der Waals surface area contributed by atoms with E-state index in [9.17, 15) is 4.79 Å². The first-order chi connectivity index (χ1) is 15.2. The lowest BCUT2D eigenvalue weighted by atomic mass is 10.4. The molecule has 0 atom stereocenters. The van der Waals surface area contributed by atoms with E-state index in [0.717, 1.165) is 13.1 Å². The number of anilines is 2. The second kappa shape index (κ2) is 15.6. The monoisotopic (exact) mass is 500 g/mol. The lowest BCUT2D eigenvalue weighted by Crippen LogP contribution is -2.26. The molecule has 0 aromatic carbocycles. The molecule has 2 aromatic heterocycles. The summed E-state index contributed by atoms with van der Waals surface area (Å²) in [6.07, 6.45) is 5.95. The summed E-state index contributed by atoms with van der Waals surface area (Å²) in [5.74, 6) is 1.55. The Kier molecular flexibility index (Phi) is 13.6. The highest BCUT2D eigenvalue weighted by Gasteiger charge is 2.13. The first-order valence-electron chi connectivity index (χ1n) is 9.67. The number of nitrogens with one attached hydrogen (secondary N) is 2. The maximum absolute atomic E-state index is 10.2. The van der Waals surface area contributed by atoms with Crippen LogP contribution in [0.5, 0.6) is 0 Å². The number of carbonyl (C=O) groups excluding carboxylic acids is 1. The second-order valence-corrected chi connectivity index (χ2v) is 8.20. The fourth-order valence-electron chi connectivity index (χ4n) is 2.39. The van der Waals surface area contributed by atoms with Crippen LogP contribution in [0.4, 0.5) is 11.8 Å². The molecule has 0 bridgehead atoms. The number of nitrogens with two attached hydrogens (primary N) is 3. The Bertz CT molecular complexity index is 816. The van der Waals surface area contributed by atoms with Gasteiger partial charge in [0.15, 0.2) is 5.17 Å². The van der Waals surface area contributed by atoms with Crippen LogP contribution in [0, 0.1) is 12.3 Å². The number of amides is 1. The lowest BCUT2D eigenvalue weighted by molar-refractivity contribution is -0.116. The van der Waals surface area contributed by atoms with Crippen LogP contribution in [0.1, 0.15) is 18.7 Å². The summed E-state index contributed by atoms with van der Waals surface area (Å²) in [6.45, 7) is 6.18. The molecule has 1 amide bonds. The van der Waals surface area contributed by atoms with E-state index in [4.69, 9.17) is 34.2 Å². The molecule has 0 radical (unpaired) electrons. The summed E-state index contributed by atoms with van der Waals surface area (Å²) in [7, 11) is 0. The van der Waals surface area contributed by atoms with Gasteiger partial charge in [0.2, 0.25) is 11.9 Å². The Morgan fingerprint density at radius 3 is 2.25 bits per heavy atom. The SMILES string of the molecule is Cc1nc(N)c(S)c(Cl)n1.N=C1NC(=O)CS1.NCCN1CCCC1.Nc1ncccn1. The Hall–Kier alpha value is -2.19. The van der Waals surface area contributed by atoms with E-state index >= 15 is 0 Å². The molecule has 11 nitrogen and oxygen atoms in total. The number of aromatic nitrogens is 4. The van der Waals surface area contributed by atoms with Crippen molar-refractivity contribution in [2.24, 2.45) is 5.73 Å². The number of hydrogen-bond donors (Lipinski definition) is 6. The molecule has 4 heterocycles. The van der Waals surface area contributed by atoms with Crippen LogP contribution >= 0.6 is 36.0 Å². The molecule has 176 valence electrons. The number of rotatable bonds is 2. The van der Waals surface area contributed by atoms with Gasteiger partial charge in [-0.15, -0.1) is 12.6 Å². The maximum Gasteiger partial charge on any atom is 0.236 e. The average Bonchev–Trinajstić information content (AvgIpc) is 3.40. The van der Waals surface area contributed by atoms with Crippen molar-refractivity contribution in [1.82, 2.24) is 30.2 Å². The predicted octanol–water partition coefficient (Wildman–Crippen LogP) is 1.19. The quantitative estimate of drug-likeness (QED) is 0.258. The Morgan fingerprint density at radius 1 is 1.25 bits per heavy atom. The molecule has 14 heteroatoms. The van der Waals surface area contributed by atoms with Crippen LogP contribution in [-0.2, 0) is 4.79 Å². The molecule has 0 aliphatic carbocycles. The average molecular weight is 501 g/mol. The van der Waals surface area contributed by atoms with Crippen LogP contribution in [0.2, 0.25) is 5.15 Å². The number of aryl methyl sites for hydroxylation is 1. The maximum atomic E-state index is 10.2. The van der Waals surface area contributed by atoms with Gasteiger partial charge in [0.1, 0.15) is 16.8 Å². The molecular weight excluding hydrogens is 472 g/mol. The van der Waals surface area contributed by atoms with E-state index in [2.05, 4.69) is 42.8 Å². The Labute approximate surface area is 202 Å². The van der Waals surface area contributed by atoms with Gasteiger partial charge < -0.3 is 27.4 Å². The number of carbonyl (C=O) groups is 1. The zero-order valence-electron chi connectivity index (χ0n) is 17.8. The highest BCUT2D eigenvalue weighted by Crippen LogP contribution is 2.21. The third-order valence-electron chi connectivity index (χ3n) is 3.81. The van der Waals surface area contributed by atoms with E-state index < -0.39 is 0 Å². The number of hydrogen-bond acceptors (Lipinski definition) is 12. The number of halogens is 1. The zero-order valence-corrected chi connectivity index (χ0v) is 20.3. The third kappa shape index (κ3) is 12.0. The molecule has 0 unspecified atom stereocenters. The molecule has 32 heavy (non-hydrogen) atoms. The number of amidine groups is 1. The van der Waals surface area contributed by atoms with Crippen LogP contribution in [0.3, 0.4) is 0 Å². The molecule has 8 N–H and O–H groups in total. The number of thiol groups is 1. The second-order valence-electron chi connectivity index (χ2n) is 6.41. The van der Waals surface area contributed by atoms with E-state index in [1.165, 1.54) is 37.7 Å². The minimum Gasteiger partial charge on any atom is -0.383 e. The fraction of sp³-hybridized carbons (Fsp3) is 0.444. The molecule has 2 aromatic rings. The summed E-state index contributed by atoms with van der Waals surface area (Å²) < 4.78 is 0. The van der Waals surface area contributed by atoms with Crippen molar-refractivity contribution in [3.8, 4) is 0 Å². The molecule has 2 saturated heterocycles. The van der Waals surface area contributed by atoms with Gasteiger partial charge in [-0.05, 0) is 38.9 Å². The van der Waals surface area contributed by atoms with Gasteiger partial charge in [-0.1, -0.05) is 23.4 Å². The van der Waals surface area contributed by atoms with E-state index in [-0.39, 0.29) is 11.1 Å². The fourth-order valence-corrected chi connectivity index (χ4v) is 3.24. The molecular formula is C18H29ClN10OS2. The largest absolute Gasteiger partial charge is 0.383 e.